The molecule has 0 aliphatic rings. The molecule has 0 saturated carbocycles. The van der Waals surface area contributed by atoms with Gasteiger partial charge in [-0.1, -0.05) is 12.1 Å². The van der Waals surface area contributed by atoms with E-state index in [4.69, 9.17) is 10.8 Å². The van der Waals surface area contributed by atoms with Crippen molar-refractivity contribution in [2.45, 2.75) is 25.2 Å². The minimum Gasteiger partial charge on any atom is -0.391 e. The second-order valence-electron chi connectivity index (χ2n) is 3.39. The molecular formula is C10H12F3NO. The number of rotatable bonds is 2. The minimum atomic E-state index is -4.38. The quantitative estimate of drug-likeness (QED) is 0.800. The highest BCUT2D eigenvalue weighted by molar-refractivity contribution is 5.28. The van der Waals surface area contributed by atoms with Crippen molar-refractivity contribution >= 4 is 0 Å². The highest BCUT2D eigenvalue weighted by atomic mass is 19.4. The number of aliphatic hydroxyl groups excluding tert-OH is 1. The average molecular weight is 219 g/mol. The predicted molar refractivity (Wildman–Crippen MR) is 50.1 cm³/mol. The van der Waals surface area contributed by atoms with Gasteiger partial charge in [0.15, 0.2) is 0 Å². The van der Waals surface area contributed by atoms with Crippen molar-refractivity contribution in [2.24, 2.45) is 5.73 Å². The summed E-state index contributed by atoms with van der Waals surface area (Å²) in [4.78, 5) is 0. The molecule has 15 heavy (non-hydrogen) atoms. The van der Waals surface area contributed by atoms with Gasteiger partial charge in [0.05, 0.1) is 17.7 Å². The van der Waals surface area contributed by atoms with Crippen LogP contribution in [0.1, 0.15) is 24.1 Å². The van der Waals surface area contributed by atoms with Crippen LogP contribution in [-0.4, -0.2) is 11.2 Å². The lowest BCUT2D eigenvalue weighted by molar-refractivity contribution is -0.137. The standard InChI is InChI=1S/C10H12F3NO/c1-6(15)9(14)7-3-2-4-8(5-7)10(11,12)13/h2-6,9,15H,14H2,1H3. The van der Waals surface area contributed by atoms with E-state index in [0.29, 0.717) is 0 Å². The molecule has 0 aliphatic carbocycles. The Balaban J connectivity index is 3.03. The highest BCUT2D eigenvalue weighted by Gasteiger charge is 2.30. The lowest BCUT2D eigenvalue weighted by Crippen LogP contribution is -2.23. The third kappa shape index (κ3) is 2.94. The summed E-state index contributed by atoms with van der Waals surface area (Å²) in [6, 6.07) is 3.87. The van der Waals surface area contributed by atoms with Gasteiger partial charge in [0.2, 0.25) is 0 Å². The van der Waals surface area contributed by atoms with E-state index in [1.807, 2.05) is 0 Å². The molecule has 0 saturated heterocycles. The van der Waals surface area contributed by atoms with Crippen LogP contribution in [0.2, 0.25) is 0 Å². The Labute approximate surface area is 85.5 Å². The van der Waals surface area contributed by atoms with Gasteiger partial charge in [-0.3, -0.25) is 0 Å². The highest BCUT2D eigenvalue weighted by Crippen LogP contribution is 2.30. The Morgan fingerprint density at radius 2 is 1.93 bits per heavy atom. The number of benzene rings is 1. The molecule has 2 atom stereocenters. The third-order valence-corrected chi connectivity index (χ3v) is 2.12. The molecule has 0 aromatic heterocycles. The van der Waals surface area contributed by atoms with Crippen molar-refractivity contribution in [3.63, 3.8) is 0 Å². The largest absolute Gasteiger partial charge is 0.416 e. The second-order valence-corrected chi connectivity index (χ2v) is 3.39. The minimum absolute atomic E-state index is 0.278. The van der Waals surface area contributed by atoms with Crippen LogP contribution in [0, 0.1) is 0 Å². The molecule has 0 radical (unpaired) electrons. The summed E-state index contributed by atoms with van der Waals surface area (Å²) in [5, 5.41) is 9.16. The third-order valence-electron chi connectivity index (χ3n) is 2.12. The molecule has 84 valence electrons. The first-order valence-corrected chi connectivity index (χ1v) is 4.43. The van der Waals surface area contributed by atoms with E-state index in [-0.39, 0.29) is 5.56 Å². The molecular weight excluding hydrogens is 207 g/mol. The molecule has 2 nitrogen and oxygen atoms in total. The number of hydrogen-bond donors (Lipinski definition) is 2. The van der Waals surface area contributed by atoms with Crippen molar-refractivity contribution in [3.8, 4) is 0 Å². The van der Waals surface area contributed by atoms with E-state index < -0.39 is 23.9 Å². The van der Waals surface area contributed by atoms with Gasteiger partial charge in [0.25, 0.3) is 0 Å². The Hall–Kier alpha value is -1.07. The fourth-order valence-electron chi connectivity index (χ4n) is 1.20. The summed E-state index contributed by atoms with van der Waals surface area (Å²) in [6.07, 6.45) is -5.26. The van der Waals surface area contributed by atoms with Crippen LogP contribution >= 0.6 is 0 Å². The van der Waals surface area contributed by atoms with Gasteiger partial charge >= 0.3 is 6.18 Å². The van der Waals surface area contributed by atoms with E-state index in [1.54, 1.807) is 0 Å². The number of alkyl halides is 3. The molecule has 5 heteroatoms. The second kappa shape index (κ2) is 4.20. The number of hydrogen-bond acceptors (Lipinski definition) is 2. The number of halogens is 3. The van der Waals surface area contributed by atoms with Gasteiger partial charge in [-0.15, -0.1) is 0 Å². The molecule has 0 bridgehead atoms. The van der Waals surface area contributed by atoms with Gasteiger partial charge in [-0.2, -0.15) is 13.2 Å². The van der Waals surface area contributed by atoms with E-state index in [0.717, 1.165) is 12.1 Å². The van der Waals surface area contributed by atoms with Crippen LogP contribution in [0.5, 0.6) is 0 Å². The van der Waals surface area contributed by atoms with Crippen molar-refractivity contribution in [3.05, 3.63) is 35.4 Å². The molecule has 2 unspecified atom stereocenters. The Kier molecular flexibility index (Phi) is 3.36. The zero-order valence-corrected chi connectivity index (χ0v) is 8.12. The first-order valence-electron chi connectivity index (χ1n) is 4.43. The van der Waals surface area contributed by atoms with Crippen LogP contribution in [0.25, 0.3) is 0 Å². The van der Waals surface area contributed by atoms with Crippen LogP contribution in [-0.2, 0) is 6.18 Å². The van der Waals surface area contributed by atoms with Gasteiger partial charge in [-0.05, 0) is 24.6 Å². The van der Waals surface area contributed by atoms with Gasteiger partial charge in [0.1, 0.15) is 0 Å². The number of nitrogens with two attached hydrogens (primary N) is 1. The summed E-state index contributed by atoms with van der Waals surface area (Å²) in [5.41, 5.74) is 5.06. The lowest BCUT2D eigenvalue weighted by atomic mass is 10.0. The van der Waals surface area contributed by atoms with Crippen molar-refractivity contribution in [2.75, 3.05) is 0 Å². The van der Waals surface area contributed by atoms with Crippen LogP contribution in [0.3, 0.4) is 0 Å². The fraction of sp³-hybridized carbons (Fsp3) is 0.400. The topological polar surface area (TPSA) is 46.2 Å². The molecule has 3 N–H and O–H groups in total. The summed E-state index contributed by atoms with van der Waals surface area (Å²) >= 11 is 0. The van der Waals surface area contributed by atoms with E-state index in [2.05, 4.69) is 0 Å². The molecule has 0 aliphatic heterocycles. The zero-order valence-electron chi connectivity index (χ0n) is 8.12. The smallest absolute Gasteiger partial charge is 0.391 e. The molecule has 0 amide bonds. The summed E-state index contributed by atoms with van der Waals surface area (Å²) in [7, 11) is 0. The maximum Gasteiger partial charge on any atom is 0.416 e. The van der Waals surface area contributed by atoms with E-state index >= 15 is 0 Å². The fourth-order valence-corrected chi connectivity index (χ4v) is 1.20. The first kappa shape index (κ1) is 12.0. The Morgan fingerprint density at radius 1 is 1.33 bits per heavy atom. The normalized spacial score (nSPS) is 16.1. The summed E-state index contributed by atoms with van der Waals surface area (Å²) in [6.45, 7) is 1.44. The van der Waals surface area contributed by atoms with Gasteiger partial charge in [0, 0.05) is 0 Å². The Bertz CT molecular complexity index is 336. The molecule has 1 aromatic carbocycles. The number of aliphatic hydroxyl groups is 1. The molecule has 0 spiro atoms. The lowest BCUT2D eigenvalue weighted by Gasteiger charge is -2.16. The molecule has 0 fully saturated rings. The van der Waals surface area contributed by atoms with Crippen LogP contribution < -0.4 is 5.73 Å². The van der Waals surface area contributed by atoms with Crippen LogP contribution in [0.4, 0.5) is 13.2 Å². The maximum atomic E-state index is 12.3. The van der Waals surface area contributed by atoms with E-state index in [1.165, 1.54) is 19.1 Å². The molecule has 0 heterocycles. The van der Waals surface area contributed by atoms with Gasteiger partial charge < -0.3 is 10.8 Å². The van der Waals surface area contributed by atoms with Crippen molar-refractivity contribution in [1.29, 1.82) is 0 Å². The van der Waals surface area contributed by atoms with Crippen LogP contribution in [0.15, 0.2) is 24.3 Å². The monoisotopic (exact) mass is 219 g/mol. The summed E-state index contributed by atoms with van der Waals surface area (Å²) in [5.74, 6) is 0. The predicted octanol–water partition coefficient (Wildman–Crippen LogP) is 2.09. The van der Waals surface area contributed by atoms with Gasteiger partial charge in [-0.25, -0.2) is 0 Å². The van der Waals surface area contributed by atoms with E-state index in [9.17, 15) is 13.2 Å². The van der Waals surface area contributed by atoms with Crippen molar-refractivity contribution < 1.29 is 18.3 Å². The Morgan fingerprint density at radius 3 is 2.40 bits per heavy atom. The van der Waals surface area contributed by atoms with Crippen molar-refractivity contribution in [1.82, 2.24) is 0 Å². The maximum absolute atomic E-state index is 12.3. The average Bonchev–Trinajstić information content (AvgIpc) is 2.15. The molecule has 1 rings (SSSR count). The molecule has 1 aromatic rings. The SMILES string of the molecule is CC(O)C(N)c1cccc(C(F)(F)F)c1. The summed E-state index contributed by atoms with van der Waals surface area (Å²) < 4.78 is 37.0. The zero-order chi connectivity index (χ0) is 11.6. The first-order chi connectivity index (χ1) is 6.82.